The summed E-state index contributed by atoms with van der Waals surface area (Å²) >= 11 is 0. The highest BCUT2D eigenvalue weighted by Crippen LogP contribution is 2.21. The third-order valence-corrected chi connectivity index (χ3v) is 6.92. The Morgan fingerprint density at radius 1 is 1.16 bits per heavy atom. The van der Waals surface area contributed by atoms with Crippen LogP contribution in [0, 0.1) is 5.92 Å². The van der Waals surface area contributed by atoms with Crippen LogP contribution in [0.5, 0.6) is 0 Å². The van der Waals surface area contributed by atoms with Gasteiger partial charge >= 0.3 is 0 Å². The monoisotopic (exact) mass is 365 g/mol. The fraction of sp³-hybridized carbons (Fsp3) is 0.611. The Morgan fingerprint density at radius 2 is 1.88 bits per heavy atom. The topological polar surface area (TPSA) is 78.5 Å². The zero-order chi connectivity index (χ0) is 17.7. The number of nitrogens with one attached hydrogen (secondary N) is 2. The van der Waals surface area contributed by atoms with Gasteiger partial charge in [-0.3, -0.25) is 4.79 Å². The van der Waals surface area contributed by atoms with Crippen molar-refractivity contribution in [3.05, 3.63) is 29.8 Å². The van der Waals surface area contributed by atoms with Crippen molar-refractivity contribution in [2.45, 2.75) is 43.5 Å². The van der Waals surface area contributed by atoms with E-state index in [9.17, 15) is 13.2 Å². The van der Waals surface area contributed by atoms with Gasteiger partial charge in [0.25, 0.3) is 0 Å². The van der Waals surface area contributed by atoms with Crippen LogP contribution in [0.1, 0.15) is 37.7 Å². The summed E-state index contributed by atoms with van der Waals surface area (Å²) in [7, 11) is -3.43. The first-order valence-electron chi connectivity index (χ1n) is 9.15. The molecule has 0 radical (unpaired) electrons. The largest absolute Gasteiger partial charge is 0.352 e. The summed E-state index contributed by atoms with van der Waals surface area (Å²) in [6.45, 7) is 3.31. The van der Waals surface area contributed by atoms with E-state index in [4.69, 9.17) is 0 Å². The number of hydrogen-bond donors (Lipinski definition) is 2. The average molecular weight is 365 g/mol. The molecule has 0 aliphatic carbocycles. The van der Waals surface area contributed by atoms with Gasteiger partial charge in [0.15, 0.2) is 0 Å². The number of benzene rings is 1. The lowest BCUT2D eigenvalue weighted by Gasteiger charge is -2.26. The van der Waals surface area contributed by atoms with Crippen molar-refractivity contribution < 1.29 is 13.2 Å². The van der Waals surface area contributed by atoms with Gasteiger partial charge in [-0.15, -0.1) is 0 Å². The van der Waals surface area contributed by atoms with Crippen LogP contribution < -0.4 is 10.6 Å². The Kier molecular flexibility index (Phi) is 6.09. The minimum atomic E-state index is -3.43. The second-order valence-corrected chi connectivity index (χ2v) is 8.79. The molecule has 3 rings (SSSR count). The summed E-state index contributed by atoms with van der Waals surface area (Å²) in [6.07, 6.45) is 4.65. The van der Waals surface area contributed by atoms with Crippen LogP contribution in [0.4, 0.5) is 0 Å². The number of amides is 1. The van der Waals surface area contributed by atoms with Gasteiger partial charge in [-0.2, -0.15) is 4.31 Å². The first-order chi connectivity index (χ1) is 12.1. The second kappa shape index (κ2) is 8.29. The van der Waals surface area contributed by atoms with E-state index in [1.165, 1.54) is 0 Å². The van der Waals surface area contributed by atoms with Crippen molar-refractivity contribution in [3.63, 3.8) is 0 Å². The molecule has 1 aromatic carbocycles. The van der Waals surface area contributed by atoms with Crippen LogP contribution >= 0.6 is 0 Å². The first kappa shape index (κ1) is 18.4. The zero-order valence-corrected chi connectivity index (χ0v) is 15.4. The average Bonchev–Trinajstić information content (AvgIpc) is 2.67. The van der Waals surface area contributed by atoms with Gasteiger partial charge in [-0.25, -0.2) is 8.42 Å². The van der Waals surface area contributed by atoms with E-state index in [1.54, 1.807) is 22.5 Å². The number of nitrogens with zero attached hydrogens (tertiary/aromatic N) is 1. The number of carbonyl (C=O) groups excluding carboxylic acids is 1. The predicted molar refractivity (Wildman–Crippen MR) is 96.5 cm³/mol. The fourth-order valence-corrected chi connectivity index (χ4v) is 5.08. The third-order valence-electron chi connectivity index (χ3n) is 5.03. The van der Waals surface area contributed by atoms with E-state index in [0.29, 0.717) is 24.5 Å². The Balaban J connectivity index is 1.63. The highest BCUT2D eigenvalue weighted by Gasteiger charge is 2.26. The molecule has 0 aromatic heterocycles. The summed E-state index contributed by atoms with van der Waals surface area (Å²) in [5, 5.41) is 6.20. The van der Waals surface area contributed by atoms with Gasteiger partial charge in [0.2, 0.25) is 15.9 Å². The predicted octanol–water partition coefficient (Wildman–Crippen LogP) is 1.48. The fourth-order valence-electron chi connectivity index (χ4n) is 3.49. The molecule has 2 heterocycles. The quantitative estimate of drug-likeness (QED) is 0.828. The van der Waals surface area contributed by atoms with Crippen LogP contribution in [-0.2, 0) is 21.4 Å². The molecule has 0 saturated carbocycles. The summed E-state index contributed by atoms with van der Waals surface area (Å²) in [5.41, 5.74) is 0.820. The summed E-state index contributed by atoms with van der Waals surface area (Å²) in [6, 6.07) is 6.94. The van der Waals surface area contributed by atoms with Crippen molar-refractivity contribution in [1.82, 2.24) is 14.9 Å². The maximum absolute atomic E-state index is 12.8. The molecule has 0 bridgehead atoms. The lowest BCUT2D eigenvalue weighted by molar-refractivity contribution is -0.125. The Morgan fingerprint density at radius 3 is 2.60 bits per heavy atom. The zero-order valence-electron chi connectivity index (χ0n) is 14.5. The smallest absolute Gasteiger partial charge is 0.243 e. The Bertz CT molecular complexity index is 693. The van der Waals surface area contributed by atoms with Crippen LogP contribution in [0.25, 0.3) is 0 Å². The van der Waals surface area contributed by atoms with E-state index in [2.05, 4.69) is 10.6 Å². The molecule has 0 spiro atoms. The van der Waals surface area contributed by atoms with Crippen LogP contribution in [0.3, 0.4) is 0 Å². The van der Waals surface area contributed by atoms with E-state index in [0.717, 1.165) is 50.8 Å². The molecular formula is C18H27N3O3S. The first-order valence-corrected chi connectivity index (χ1v) is 10.6. The number of piperidine rings is 2. The normalized spacial score (nSPS) is 20.3. The molecule has 1 aromatic rings. The molecule has 2 aliphatic heterocycles. The van der Waals surface area contributed by atoms with Crippen LogP contribution in [-0.4, -0.2) is 44.8 Å². The molecular weight excluding hydrogens is 338 g/mol. The molecule has 0 unspecified atom stereocenters. The molecule has 2 N–H and O–H groups in total. The SMILES string of the molecule is O=C(NCc1cccc(S(=O)(=O)N2CCCCC2)c1)C1CCNCC1. The molecule has 138 valence electrons. The standard InChI is InChI=1S/C18H27N3O3S/c22-18(16-7-9-19-10-8-16)20-14-15-5-4-6-17(13-15)25(23,24)21-11-2-1-3-12-21/h4-6,13,16,19H,1-3,7-12,14H2,(H,20,22). The molecule has 25 heavy (non-hydrogen) atoms. The summed E-state index contributed by atoms with van der Waals surface area (Å²) in [5.74, 6) is 0.118. The Labute approximate surface area is 150 Å². The maximum atomic E-state index is 12.8. The van der Waals surface area contributed by atoms with E-state index in [-0.39, 0.29) is 11.8 Å². The molecule has 2 aliphatic rings. The number of hydrogen-bond acceptors (Lipinski definition) is 4. The number of carbonyl (C=O) groups is 1. The molecule has 6 nitrogen and oxygen atoms in total. The summed E-state index contributed by atoms with van der Waals surface area (Å²) < 4.78 is 27.1. The maximum Gasteiger partial charge on any atom is 0.243 e. The van der Waals surface area contributed by atoms with Gasteiger partial charge in [0.05, 0.1) is 4.90 Å². The van der Waals surface area contributed by atoms with E-state index >= 15 is 0 Å². The van der Waals surface area contributed by atoms with Gasteiger partial charge in [0, 0.05) is 25.6 Å². The molecule has 7 heteroatoms. The van der Waals surface area contributed by atoms with Gasteiger partial charge < -0.3 is 10.6 Å². The van der Waals surface area contributed by atoms with E-state index < -0.39 is 10.0 Å². The highest BCUT2D eigenvalue weighted by atomic mass is 32.2. The van der Waals surface area contributed by atoms with Crippen molar-refractivity contribution >= 4 is 15.9 Å². The molecule has 0 atom stereocenters. The third kappa shape index (κ3) is 4.59. The van der Waals surface area contributed by atoms with Gasteiger partial charge in [-0.1, -0.05) is 18.6 Å². The number of rotatable bonds is 5. The van der Waals surface area contributed by atoms with Crippen molar-refractivity contribution in [2.24, 2.45) is 5.92 Å². The minimum Gasteiger partial charge on any atom is -0.352 e. The Hall–Kier alpha value is -1.44. The molecule has 2 saturated heterocycles. The van der Waals surface area contributed by atoms with E-state index in [1.807, 2.05) is 6.07 Å². The molecule has 2 fully saturated rings. The lowest BCUT2D eigenvalue weighted by Crippen LogP contribution is -2.38. The van der Waals surface area contributed by atoms with Gasteiger partial charge in [0.1, 0.15) is 0 Å². The van der Waals surface area contributed by atoms with Crippen molar-refractivity contribution in [1.29, 1.82) is 0 Å². The van der Waals surface area contributed by atoms with Crippen molar-refractivity contribution in [2.75, 3.05) is 26.2 Å². The second-order valence-electron chi connectivity index (χ2n) is 6.85. The highest BCUT2D eigenvalue weighted by molar-refractivity contribution is 7.89. The lowest BCUT2D eigenvalue weighted by atomic mass is 9.97. The number of sulfonamides is 1. The minimum absolute atomic E-state index is 0.0570. The van der Waals surface area contributed by atoms with Crippen LogP contribution in [0.2, 0.25) is 0 Å². The molecule has 1 amide bonds. The van der Waals surface area contributed by atoms with Crippen LogP contribution in [0.15, 0.2) is 29.2 Å². The van der Waals surface area contributed by atoms with Crippen molar-refractivity contribution in [3.8, 4) is 0 Å². The summed E-state index contributed by atoms with van der Waals surface area (Å²) in [4.78, 5) is 12.6. The van der Waals surface area contributed by atoms with Gasteiger partial charge in [-0.05, 0) is 56.5 Å².